The van der Waals surface area contributed by atoms with E-state index in [1.165, 1.54) is 28.6 Å². The number of imidazole rings is 1. The fraction of sp³-hybridized carbons (Fsp3) is 0.444. The number of amides is 1. The van der Waals surface area contributed by atoms with Crippen molar-refractivity contribution < 1.29 is 13.6 Å². The molecule has 0 bridgehead atoms. The monoisotopic (exact) mass is 404 g/mol. The number of carbonyl (C=O) groups excluding carboxylic acids is 1. The molecular weight excluding hydrogens is 382 g/mol. The third kappa shape index (κ3) is 4.19. The fourth-order valence-corrected chi connectivity index (χ4v) is 3.41. The molecule has 4 rings (SSSR count). The molecule has 1 fully saturated rings. The van der Waals surface area contributed by atoms with Crippen LogP contribution in [0.25, 0.3) is 5.65 Å². The Hall–Kier alpha value is -3.08. The summed E-state index contributed by atoms with van der Waals surface area (Å²) in [6, 6.07) is 3.81. The van der Waals surface area contributed by atoms with Gasteiger partial charge in [-0.1, -0.05) is 6.42 Å². The summed E-state index contributed by atoms with van der Waals surface area (Å²) in [4.78, 5) is 16.9. The van der Waals surface area contributed by atoms with Crippen LogP contribution in [0, 0.1) is 0 Å². The van der Waals surface area contributed by atoms with Crippen LogP contribution in [0.15, 0.2) is 24.5 Å². The highest BCUT2D eigenvalue weighted by Gasteiger charge is 2.22. The molecule has 0 unspecified atom stereocenters. The van der Waals surface area contributed by atoms with Crippen LogP contribution in [0.4, 0.5) is 20.3 Å². The molecule has 0 spiro atoms. The summed E-state index contributed by atoms with van der Waals surface area (Å²) in [5.41, 5.74) is 0.110. The maximum Gasteiger partial charge on any atom is 0.284 e. The first-order valence-electron chi connectivity index (χ1n) is 9.46. The lowest BCUT2D eigenvalue weighted by molar-refractivity contribution is 0.101. The van der Waals surface area contributed by atoms with Crippen molar-refractivity contribution in [2.45, 2.75) is 31.7 Å². The molecule has 0 aromatic carbocycles. The first kappa shape index (κ1) is 19.2. The SMILES string of the molecule is Cn1cc(NC(=O)c2cnc3ccc(N[C@@H]4CCCCNC4)nn23)c(C(F)F)n1. The van der Waals surface area contributed by atoms with Gasteiger partial charge < -0.3 is 16.0 Å². The van der Waals surface area contributed by atoms with E-state index >= 15 is 0 Å². The summed E-state index contributed by atoms with van der Waals surface area (Å²) in [6.07, 6.45) is 3.21. The summed E-state index contributed by atoms with van der Waals surface area (Å²) in [5.74, 6) is 0.0288. The van der Waals surface area contributed by atoms with Gasteiger partial charge in [0.2, 0.25) is 0 Å². The van der Waals surface area contributed by atoms with Crippen LogP contribution in [-0.2, 0) is 7.05 Å². The van der Waals surface area contributed by atoms with Gasteiger partial charge in [0.25, 0.3) is 12.3 Å². The number of carbonyl (C=O) groups is 1. The molecule has 11 heteroatoms. The highest BCUT2D eigenvalue weighted by atomic mass is 19.3. The van der Waals surface area contributed by atoms with Gasteiger partial charge in [-0.2, -0.15) is 5.10 Å². The number of nitrogens with zero attached hydrogens (tertiary/aromatic N) is 5. The lowest BCUT2D eigenvalue weighted by Crippen LogP contribution is -2.31. The van der Waals surface area contributed by atoms with Gasteiger partial charge in [0.15, 0.2) is 17.0 Å². The average Bonchev–Trinajstić information content (AvgIpc) is 3.17. The van der Waals surface area contributed by atoms with E-state index in [-0.39, 0.29) is 17.4 Å². The Morgan fingerprint density at radius 1 is 1.31 bits per heavy atom. The number of rotatable bonds is 5. The standard InChI is InChI=1S/C18H22F2N8O/c1-27-10-12(16(26-27)17(19)20)24-18(29)13-9-22-15-6-5-14(25-28(13)15)23-11-4-2-3-7-21-8-11/h5-6,9-11,17,21H,2-4,7-8H2,1H3,(H,23,25)(H,24,29)/t11-/m1/s1. The zero-order valence-electron chi connectivity index (χ0n) is 15.9. The molecule has 0 radical (unpaired) electrons. The molecule has 1 saturated heterocycles. The molecule has 4 heterocycles. The molecule has 1 atom stereocenters. The van der Waals surface area contributed by atoms with Crippen LogP contribution in [0.5, 0.6) is 0 Å². The molecule has 29 heavy (non-hydrogen) atoms. The third-order valence-electron chi connectivity index (χ3n) is 4.81. The maximum atomic E-state index is 13.1. The van der Waals surface area contributed by atoms with Gasteiger partial charge in [-0.3, -0.25) is 9.48 Å². The normalized spacial score (nSPS) is 17.4. The van der Waals surface area contributed by atoms with Gasteiger partial charge in [0, 0.05) is 25.8 Å². The Kier molecular flexibility index (Phi) is 5.38. The summed E-state index contributed by atoms with van der Waals surface area (Å²) >= 11 is 0. The quantitative estimate of drug-likeness (QED) is 0.603. The summed E-state index contributed by atoms with van der Waals surface area (Å²) in [5, 5.41) is 17.4. The molecule has 3 aromatic rings. The molecule has 3 N–H and O–H groups in total. The molecular formula is C18H22F2N8O. The minimum absolute atomic E-state index is 0.0405. The topological polar surface area (TPSA) is 101 Å². The molecule has 0 aliphatic carbocycles. The largest absolute Gasteiger partial charge is 0.365 e. The van der Waals surface area contributed by atoms with Crippen LogP contribution in [0.1, 0.15) is 41.9 Å². The Balaban J connectivity index is 1.56. The predicted octanol–water partition coefficient (Wildman–Crippen LogP) is 2.21. The van der Waals surface area contributed by atoms with E-state index in [2.05, 4.69) is 31.1 Å². The summed E-state index contributed by atoms with van der Waals surface area (Å²) in [6.45, 7) is 1.85. The number of alkyl halides is 2. The fourth-order valence-electron chi connectivity index (χ4n) is 3.41. The van der Waals surface area contributed by atoms with Gasteiger partial charge in [-0.15, -0.1) is 5.10 Å². The van der Waals surface area contributed by atoms with E-state index in [9.17, 15) is 13.6 Å². The lowest BCUT2D eigenvalue weighted by atomic mass is 10.1. The second-order valence-corrected chi connectivity index (χ2v) is 7.03. The second kappa shape index (κ2) is 8.11. The number of fused-ring (bicyclic) bond motifs is 1. The van der Waals surface area contributed by atoms with Crippen molar-refractivity contribution in [1.82, 2.24) is 29.7 Å². The van der Waals surface area contributed by atoms with Gasteiger partial charge in [-0.05, 0) is 31.5 Å². The third-order valence-corrected chi connectivity index (χ3v) is 4.81. The van der Waals surface area contributed by atoms with Gasteiger partial charge in [-0.25, -0.2) is 18.3 Å². The van der Waals surface area contributed by atoms with Crippen molar-refractivity contribution in [2.24, 2.45) is 7.05 Å². The van der Waals surface area contributed by atoms with Crippen molar-refractivity contribution in [2.75, 3.05) is 23.7 Å². The molecule has 1 aliphatic rings. The Labute approximate surface area is 165 Å². The molecule has 3 aromatic heterocycles. The van der Waals surface area contributed by atoms with E-state index in [4.69, 9.17) is 0 Å². The van der Waals surface area contributed by atoms with Crippen molar-refractivity contribution >= 4 is 23.1 Å². The highest BCUT2D eigenvalue weighted by molar-refractivity contribution is 6.03. The van der Waals surface area contributed by atoms with Crippen LogP contribution < -0.4 is 16.0 Å². The maximum absolute atomic E-state index is 13.1. The molecule has 1 aliphatic heterocycles. The van der Waals surface area contributed by atoms with Gasteiger partial charge in [0.1, 0.15) is 5.82 Å². The van der Waals surface area contributed by atoms with Gasteiger partial charge in [0.05, 0.1) is 11.9 Å². The predicted molar refractivity (Wildman–Crippen MR) is 103 cm³/mol. The zero-order valence-corrected chi connectivity index (χ0v) is 15.9. The van der Waals surface area contributed by atoms with Crippen LogP contribution in [0.3, 0.4) is 0 Å². The van der Waals surface area contributed by atoms with Crippen molar-refractivity contribution in [1.29, 1.82) is 0 Å². The smallest absolute Gasteiger partial charge is 0.284 e. The van der Waals surface area contributed by atoms with E-state index in [1.54, 1.807) is 6.07 Å². The number of hydrogen-bond acceptors (Lipinski definition) is 6. The molecule has 154 valence electrons. The first-order valence-corrected chi connectivity index (χ1v) is 9.46. The van der Waals surface area contributed by atoms with E-state index in [0.29, 0.717) is 11.5 Å². The summed E-state index contributed by atoms with van der Waals surface area (Å²) in [7, 11) is 1.51. The lowest BCUT2D eigenvalue weighted by Gasteiger charge is -2.17. The van der Waals surface area contributed by atoms with E-state index < -0.39 is 18.0 Å². The van der Waals surface area contributed by atoms with E-state index in [0.717, 1.165) is 32.4 Å². The Morgan fingerprint density at radius 2 is 2.17 bits per heavy atom. The molecule has 0 saturated carbocycles. The van der Waals surface area contributed by atoms with Gasteiger partial charge >= 0.3 is 0 Å². The number of aryl methyl sites for hydroxylation is 1. The number of nitrogens with one attached hydrogen (secondary N) is 3. The summed E-state index contributed by atoms with van der Waals surface area (Å²) < 4.78 is 28.9. The van der Waals surface area contributed by atoms with Crippen molar-refractivity contribution in [3.05, 3.63) is 35.9 Å². The Morgan fingerprint density at radius 3 is 3.00 bits per heavy atom. The Bertz CT molecular complexity index is 1010. The van der Waals surface area contributed by atoms with Crippen LogP contribution in [-0.4, -0.2) is 49.4 Å². The first-order chi connectivity index (χ1) is 14.0. The molecule has 1 amide bonds. The zero-order chi connectivity index (χ0) is 20.4. The van der Waals surface area contributed by atoms with E-state index in [1.807, 2.05) is 6.07 Å². The number of hydrogen-bond donors (Lipinski definition) is 3. The second-order valence-electron chi connectivity index (χ2n) is 7.03. The number of aromatic nitrogens is 5. The number of anilines is 2. The average molecular weight is 404 g/mol. The number of halogens is 2. The van der Waals surface area contributed by atoms with Crippen molar-refractivity contribution in [3.63, 3.8) is 0 Å². The highest BCUT2D eigenvalue weighted by Crippen LogP contribution is 2.25. The molecule has 9 nitrogen and oxygen atoms in total. The minimum atomic E-state index is -2.80. The van der Waals surface area contributed by atoms with Crippen LogP contribution in [0.2, 0.25) is 0 Å². The van der Waals surface area contributed by atoms with Crippen molar-refractivity contribution in [3.8, 4) is 0 Å². The minimum Gasteiger partial charge on any atom is -0.365 e. The van der Waals surface area contributed by atoms with Crippen LogP contribution >= 0.6 is 0 Å².